The van der Waals surface area contributed by atoms with E-state index >= 15 is 0 Å². The third-order valence-corrected chi connectivity index (χ3v) is 16.5. The van der Waals surface area contributed by atoms with E-state index in [2.05, 4.69) is 81.6 Å². The lowest BCUT2D eigenvalue weighted by atomic mass is 9.94. The molecule has 1 aliphatic heterocycles. The fourth-order valence-corrected chi connectivity index (χ4v) is 6.27. The molecule has 1 rings (SSSR count). The summed E-state index contributed by atoms with van der Waals surface area (Å²) in [6.45, 7) is 28.6. The van der Waals surface area contributed by atoms with Gasteiger partial charge in [-0.25, -0.2) is 0 Å². The highest BCUT2D eigenvalue weighted by molar-refractivity contribution is 6.74. The average Bonchev–Trinajstić information content (AvgIpc) is 2.85. The Morgan fingerprint density at radius 2 is 1.43 bits per heavy atom. The minimum Gasteiger partial charge on any atom is -0.409 e. The van der Waals surface area contributed by atoms with E-state index in [0.29, 0.717) is 0 Å². The highest BCUT2D eigenvalue weighted by Crippen LogP contribution is 2.46. The van der Waals surface area contributed by atoms with Gasteiger partial charge in [-0.1, -0.05) is 41.5 Å². The minimum absolute atomic E-state index is 0.0444. The molecule has 2 unspecified atom stereocenters. The molecule has 4 nitrogen and oxygen atoms in total. The first-order valence-corrected chi connectivity index (χ1v) is 16.5. The third-order valence-electron chi connectivity index (χ3n) is 7.37. The van der Waals surface area contributed by atoms with Crippen molar-refractivity contribution in [1.82, 2.24) is 0 Å². The maximum Gasteiger partial charge on any atom is 0.193 e. The lowest BCUT2D eigenvalue weighted by Crippen LogP contribution is -2.55. The Labute approximate surface area is 176 Å². The maximum absolute atomic E-state index is 12.0. The summed E-state index contributed by atoms with van der Waals surface area (Å²) in [6, 6.07) is 0. The van der Waals surface area contributed by atoms with E-state index in [1.54, 1.807) is 0 Å². The molecule has 166 valence electrons. The summed E-state index contributed by atoms with van der Waals surface area (Å²) in [4.78, 5) is 12.0. The first-order valence-electron chi connectivity index (χ1n) is 10.7. The van der Waals surface area contributed by atoms with Crippen LogP contribution in [0.4, 0.5) is 0 Å². The van der Waals surface area contributed by atoms with Crippen molar-refractivity contribution in [3.05, 3.63) is 0 Å². The topological polar surface area (TPSA) is 44.8 Å². The predicted octanol–water partition coefficient (Wildman–Crippen LogP) is 6.31. The second-order valence-corrected chi connectivity index (χ2v) is 21.8. The molecule has 1 heterocycles. The van der Waals surface area contributed by atoms with Gasteiger partial charge < -0.3 is 18.4 Å². The molecule has 28 heavy (non-hydrogen) atoms. The van der Waals surface area contributed by atoms with Crippen LogP contribution < -0.4 is 0 Å². The second kappa shape index (κ2) is 7.91. The second-order valence-electron chi connectivity index (χ2n) is 12.4. The molecular formula is C22H46O4Si2. The van der Waals surface area contributed by atoms with Crippen LogP contribution in [-0.2, 0) is 18.4 Å². The van der Waals surface area contributed by atoms with Gasteiger partial charge in [-0.05, 0) is 69.9 Å². The van der Waals surface area contributed by atoms with Crippen LogP contribution >= 0.6 is 0 Å². The number of aldehydes is 1. The van der Waals surface area contributed by atoms with Crippen molar-refractivity contribution in [1.29, 1.82) is 0 Å². The molecule has 6 heteroatoms. The van der Waals surface area contributed by atoms with Crippen molar-refractivity contribution in [2.24, 2.45) is 0 Å². The summed E-state index contributed by atoms with van der Waals surface area (Å²) in [5.41, 5.74) is -0.999. The molecule has 3 atom stereocenters. The molecule has 0 bridgehead atoms. The Balaban J connectivity index is 2.99. The molecular weight excluding hydrogens is 384 g/mol. The van der Waals surface area contributed by atoms with Gasteiger partial charge in [0.15, 0.2) is 16.6 Å². The van der Waals surface area contributed by atoms with Crippen molar-refractivity contribution in [2.75, 3.05) is 0 Å². The molecule has 1 fully saturated rings. The minimum atomic E-state index is -2.07. The van der Waals surface area contributed by atoms with Gasteiger partial charge in [0.05, 0.1) is 17.3 Å². The Kier molecular flexibility index (Phi) is 7.35. The highest BCUT2D eigenvalue weighted by Gasteiger charge is 2.53. The van der Waals surface area contributed by atoms with Crippen LogP contribution in [0.5, 0.6) is 0 Å². The summed E-state index contributed by atoms with van der Waals surface area (Å²) in [5, 5.41) is 0.191. The van der Waals surface area contributed by atoms with Gasteiger partial charge in [0.25, 0.3) is 0 Å². The van der Waals surface area contributed by atoms with E-state index in [-0.39, 0.29) is 16.2 Å². The molecule has 1 saturated heterocycles. The zero-order chi connectivity index (χ0) is 22.4. The van der Waals surface area contributed by atoms with Gasteiger partial charge in [-0.15, -0.1) is 0 Å². The summed E-state index contributed by atoms with van der Waals surface area (Å²) in [6.07, 6.45) is 2.05. The zero-order valence-corrected chi connectivity index (χ0v) is 22.8. The van der Waals surface area contributed by atoms with Crippen molar-refractivity contribution in [3.8, 4) is 0 Å². The smallest absolute Gasteiger partial charge is 0.193 e. The van der Waals surface area contributed by atoms with Crippen molar-refractivity contribution in [3.63, 3.8) is 0 Å². The van der Waals surface area contributed by atoms with E-state index in [1.165, 1.54) is 0 Å². The van der Waals surface area contributed by atoms with Crippen LogP contribution in [0.1, 0.15) is 75.2 Å². The molecule has 0 aliphatic carbocycles. The van der Waals surface area contributed by atoms with Crippen LogP contribution in [0.15, 0.2) is 0 Å². The van der Waals surface area contributed by atoms with Crippen LogP contribution in [0.3, 0.4) is 0 Å². The van der Waals surface area contributed by atoms with Crippen molar-refractivity contribution >= 4 is 22.9 Å². The molecule has 0 aromatic carbocycles. The standard InChI is InChI=1S/C22H46O4Si2/c1-19(2,3)27(10,11)25-18(16-23)22(9)15-14-17(24-22)21(7,8)26-28(12,13)20(4,5)6/h16-18H,14-15H2,1-13H3/t17-,18?,22?/m1/s1. The van der Waals surface area contributed by atoms with E-state index in [4.69, 9.17) is 13.6 Å². The molecule has 0 aromatic heterocycles. The van der Waals surface area contributed by atoms with E-state index in [9.17, 15) is 4.79 Å². The Hall–Kier alpha value is -0.0162. The predicted molar refractivity (Wildman–Crippen MR) is 123 cm³/mol. The van der Waals surface area contributed by atoms with Crippen LogP contribution in [0.25, 0.3) is 0 Å². The van der Waals surface area contributed by atoms with Crippen LogP contribution in [0, 0.1) is 0 Å². The zero-order valence-electron chi connectivity index (χ0n) is 20.8. The molecule has 1 aliphatic rings. The van der Waals surface area contributed by atoms with Gasteiger partial charge in [-0.2, -0.15) is 0 Å². The average molecular weight is 431 g/mol. The Bertz CT molecular complexity index is 558. The monoisotopic (exact) mass is 430 g/mol. The van der Waals surface area contributed by atoms with Gasteiger partial charge in [0.2, 0.25) is 0 Å². The number of hydrogen-bond donors (Lipinski definition) is 0. The van der Waals surface area contributed by atoms with Gasteiger partial charge in [0, 0.05) is 0 Å². The molecule has 0 spiro atoms. The number of hydrogen-bond acceptors (Lipinski definition) is 4. The normalized spacial score (nSPS) is 26.4. The lowest BCUT2D eigenvalue weighted by molar-refractivity contribution is -0.152. The summed E-state index contributed by atoms with van der Waals surface area (Å²) in [5.74, 6) is 0. The summed E-state index contributed by atoms with van der Waals surface area (Å²) in [7, 11) is -4.00. The fraction of sp³-hybridized carbons (Fsp3) is 0.955. The Morgan fingerprint density at radius 1 is 0.964 bits per heavy atom. The first kappa shape index (κ1) is 26.0. The quantitative estimate of drug-likeness (QED) is 0.350. The van der Waals surface area contributed by atoms with Gasteiger partial charge in [0.1, 0.15) is 12.4 Å². The molecule has 0 N–H and O–H groups in total. The van der Waals surface area contributed by atoms with Gasteiger partial charge >= 0.3 is 0 Å². The SMILES string of the molecule is CC1(C(C=O)O[Si](C)(C)C(C)(C)C)CC[C@H](C(C)(C)O[Si](C)(C)C(C)(C)C)O1. The maximum atomic E-state index is 12.0. The Morgan fingerprint density at radius 3 is 1.82 bits per heavy atom. The molecule has 0 radical (unpaired) electrons. The van der Waals surface area contributed by atoms with Gasteiger partial charge in [-0.3, -0.25) is 0 Å². The number of carbonyl (C=O) groups is 1. The molecule has 0 saturated carbocycles. The molecule has 0 amide bonds. The van der Waals surface area contributed by atoms with E-state index in [0.717, 1.165) is 19.1 Å². The van der Waals surface area contributed by atoms with Crippen LogP contribution in [0.2, 0.25) is 36.3 Å². The number of rotatable bonds is 7. The highest BCUT2D eigenvalue weighted by atomic mass is 28.4. The largest absolute Gasteiger partial charge is 0.409 e. The fourth-order valence-electron chi connectivity index (χ4n) is 3.23. The van der Waals surface area contributed by atoms with E-state index in [1.807, 2.05) is 6.92 Å². The number of carbonyl (C=O) groups excluding carboxylic acids is 1. The van der Waals surface area contributed by atoms with Crippen molar-refractivity contribution in [2.45, 2.75) is 135 Å². The first-order chi connectivity index (χ1) is 12.2. The third kappa shape index (κ3) is 5.57. The lowest BCUT2D eigenvalue weighted by Gasteiger charge is -2.46. The van der Waals surface area contributed by atoms with E-state index < -0.39 is 33.9 Å². The summed E-state index contributed by atoms with van der Waals surface area (Å²) >= 11 is 0. The summed E-state index contributed by atoms with van der Waals surface area (Å²) < 4.78 is 19.7. The molecule has 0 aromatic rings. The van der Waals surface area contributed by atoms with Crippen molar-refractivity contribution < 1.29 is 18.4 Å². The van der Waals surface area contributed by atoms with Crippen LogP contribution in [-0.4, -0.2) is 46.3 Å². The number of ether oxygens (including phenoxy) is 1.